The molecule has 0 aromatic carbocycles. The number of hydrogen-bond acceptors (Lipinski definition) is 7. The third-order valence-corrected chi connectivity index (χ3v) is 9.72. The van der Waals surface area contributed by atoms with Gasteiger partial charge in [0, 0.05) is 19.3 Å². The molecule has 0 aliphatic heterocycles. The van der Waals surface area contributed by atoms with Crippen LogP contribution in [0.2, 0.25) is 0 Å². The van der Waals surface area contributed by atoms with Crippen LogP contribution in [0, 0.1) is 0 Å². The second kappa shape index (κ2) is 42.0. The molecule has 340 valence electrons. The standard InChI is InChI=1S/C52H85NO7/c1-6-8-10-12-14-16-18-20-22-24-25-27-29-31-33-35-37-39-41-43-51(55)60-48(46-58-45-44-49(52(56)57)53(3,4)5)47-59-50(54)42-40-38-36-34-32-30-28-26-23-21-19-17-15-13-11-9-7-2/h8-11,14-17,20-23,25,27-28,30,48-49H,6-7,12-13,18-19,24,26,29,31-47H2,1-5H3/b10-8-,11-9-,16-14-,17-15-,22-20-,23-21-,27-25-,30-28-. The van der Waals surface area contributed by atoms with E-state index in [0.29, 0.717) is 12.8 Å². The van der Waals surface area contributed by atoms with E-state index in [4.69, 9.17) is 14.2 Å². The predicted molar refractivity (Wildman–Crippen MR) is 249 cm³/mol. The highest BCUT2D eigenvalue weighted by Crippen LogP contribution is 2.13. The Balaban J connectivity index is 4.40. The zero-order valence-electron chi connectivity index (χ0n) is 38.6. The number of carbonyl (C=O) groups is 3. The van der Waals surface area contributed by atoms with Crippen molar-refractivity contribution in [2.75, 3.05) is 41.0 Å². The molecule has 0 heterocycles. The molecule has 0 aromatic rings. The lowest BCUT2D eigenvalue weighted by molar-refractivity contribution is -0.889. The number of carboxylic acids is 1. The first kappa shape index (κ1) is 56.2. The summed E-state index contributed by atoms with van der Waals surface area (Å²) >= 11 is 0. The Hall–Kier alpha value is -3.75. The number of nitrogens with zero attached hydrogens (tertiary/aromatic N) is 1. The summed E-state index contributed by atoms with van der Waals surface area (Å²) in [5, 5.41) is 11.6. The smallest absolute Gasteiger partial charge is 0.306 e. The van der Waals surface area contributed by atoms with E-state index in [1.54, 1.807) is 21.1 Å². The summed E-state index contributed by atoms with van der Waals surface area (Å²) in [6.45, 7) is 4.38. The summed E-state index contributed by atoms with van der Waals surface area (Å²) in [6.07, 6.45) is 55.7. The van der Waals surface area contributed by atoms with E-state index in [0.717, 1.165) is 116 Å². The van der Waals surface area contributed by atoms with Crippen molar-refractivity contribution in [3.63, 3.8) is 0 Å². The second-order valence-electron chi connectivity index (χ2n) is 16.2. The van der Waals surface area contributed by atoms with Crippen LogP contribution in [-0.2, 0) is 28.6 Å². The Morgan fingerprint density at radius 2 is 0.883 bits per heavy atom. The quantitative estimate of drug-likeness (QED) is 0.0262. The molecule has 2 unspecified atom stereocenters. The molecule has 8 nitrogen and oxygen atoms in total. The summed E-state index contributed by atoms with van der Waals surface area (Å²) in [6, 6.07) is -0.738. The molecule has 0 bridgehead atoms. The van der Waals surface area contributed by atoms with Crippen LogP contribution >= 0.6 is 0 Å². The van der Waals surface area contributed by atoms with Gasteiger partial charge in [-0.05, 0) is 89.9 Å². The van der Waals surface area contributed by atoms with Crippen LogP contribution in [0.5, 0.6) is 0 Å². The molecule has 0 spiro atoms. The van der Waals surface area contributed by atoms with E-state index in [2.05, 4.69) is 111 Å². The summed E-state index contributed by atoms with van der Waals surface area (Å²) in [5.41, 5.74) is 0. The molecular weight excluding hydrogens is 751 g/mol. The van der Waals surface area contributed by atoms with Crippen molar-refractivity contribution in [1.29, 1.82) is 0 Å². The van der Waals surface area contributed by atoms with Crippen molar-refractivity contribution in [1.82, 2.24) is 0 Å². The molecule has 2 atom stereocenters. The minimum absolute atomic E-state index is 0.0203. The number of esters is 2. The third-order valence-electron chi connectivity index (χ3n) is 9.72. The molecule has 0 aliphatic carbocycles. The van der Waals surface area contributed by atoms with Gasteiger partial charge in [-0.15, -0.1) is 0 Å². The predicted octanol–water partition coefficient (Wildman–Crippen LogP) is 11.7. The lowest BCUT2D eigenvalue weighted by atomic mass is 10.1. The molecule has 60 heavy (non-hydrogen) atoms. The molecule has 8 heteroatoms. The van der Waals surface area contributed by atoms with Crippen LogP contribution in [-0.4, -0.2) is 75.5 Å². The fourth-order valence-corrected chi connectivity index (χ4v) is 6.17. The number of hydrogen-bond donors (Lipinski definition) is 0. The van der Waals surface area contributed by atoms with Crippen molar-refractivity contribution in [2.24, 2.45) is 0 Å². The van der Waals surface area contributed by atoms with Crippen LogP contribution in [0.3, 0.4) is 0 Å². The van der Waals surface area contributed by atoms with Crippen molar-refractivity contribution < 1.29 is 38.2 Å². The van der Waals surface area contributed by atoms with Crippen LogP contribution < -0.4 is 5.11 Å². The lowest BCUT2D eigenvalue weighted by Gasteiger charge is -2.34. The molecule has 0 aromatic heterocycles. The number of rotatable bonds is 40. The maximum atomic E-state index is 12.8. The zero-order chi connectivity index (χ0) is 44.2. The van der Waals surface area contributed by atoms with Gasteiger partial charge in [0.2, 0.25) is 0 Å². The van der Waals surface area contributed by atoms with Gasteiger partial charge >= 0.3 is 11.9 Å². The first-order chi connectivity index (χ1) is 29.1. The van der Waals surface area contributed by atoms with Crippen molar-refractivity contribution in [2.45, 2.75) is 174 Å². The summed E-state index contributed by atoms with van der Waals surface area (Å²) in [7, 11) is 5.39. The van der Waals surface area contributed by atoms with Gasteiger partial charge in [-0.3, -0.25) is 9.59 Å². The Morgan fingerprint density at radius 1 is 0.500 bits per heavy atom. The van der Waals surface area contributed by atoms with Gasteiger partial charge in [0.1, 0.15) is 12.6 Å². The Kier molecular flexibility index (Phi) is 39.3. The summed E-state index contributed by atoms with van der Waals surface area (Å²) in [4.78, 5) is 36.9. The number of quaternary nitrogens is 1. The highest BCUT2D eigenvalue weighted by Gasteiger charge is 2.25. The minimum atomic E-state index is -1.14. The van der Waals surface area contributed by atoms with E-state index >= 15 is 0 Å². The molecule has 0 saturated carbocycles. The molecule has 0 amide bonds. The fourth-order valence-electron chi connectivity index (χ4n) is 6.17. The zero-order valence-corrected chi connectivity index (χ0v) is 38.6. The van der Waals surface area contributed by atoms with E-state index in [-0.39, 0.29) is 42.7 Å². The summed E-state index contributed by atoms with van der Waals surface area (Å²) < 4.78 is 17.2. The number of allylic oxidation sites excluding steroid dienone is 16. The molecule has 0 N–H and O–H groups in total. The van der Waals surface area contributed by atoms with Crippen molar-refractivity contribution >= 4 is 17.9 Å². The Bertz CT molecular complexity index is 1300. The Labute approximate surface area is 366 Å². The maximum Gasteiger partial charge on any atom is 0.306 e. The van der Waals surface area contributed by atoms with Crippen LogP contribution in [0.15, 0.2) is 97.2 Å². The molecule has 0 radical (unpaired) electrons. The monoisotopic (exact) mass is 836 g/mol. The number of unbranched alkanes of at least 4 members (excludes halogenated alkanes) is 10. The molecule has 0 aliphatic rings. The average Bonchev–Trinajstić information content (AvgIpc) is 3.21. The van der Waals surface area contributed by atoms with Crippen LogP contribution in [0.1, 0.15) is 162 Å². The van der Waals surface area contributed by atoms with Gasteiger partial charge in [-0.2, -0.15) is 0 Å². The van der Waals surface area contributed by atoms with Gasteiger partial charge in [0.25, 0.3) is 0 Å². The van der Waals surface area contributed by atoms with Crippen molar-refractivity contribution in [3.8, 4) is 0 Å². The van der Waals surface area contributed by atoms with E-state index < -0.39 is 18.1 Å². The Morgan fingerprint density at radius 3 is 1.30 bits per heavy atom. The average molecular weight is 836 g/mol. The number of ether oxygens (including phenoxy) is 3. The number of carbonyl (C=O) groups excluding carboxylic acids is 3. The molecule has 0 saturated heterocycles. The SMILES string of the molecule is CC/C=C\C/C=C\C/C=C\C/C=C\CCCCCCCCC(=O)OC(COCCC(C(=O)[O-])[N+](C)(C)C)COC(=O)CCCCCC/C=C\C/C=C\C/C=C\C/C=C\CC. The van der Waals surface area contributed by atoms with Crippen LogP contribution in [0.4, 0.5) is 0 Å². The number of aliphatic carboxylic acids is 1. The van der Waals surface area contributed by atoms with Crippen LogP contribution in [0.25, 0.3) is 0 Å². The van der Waals surface area contributed by atoms with Gasteiger partial charge in [-0.1, -0.05) is 150 Å². The highest BCUT2D eigenvalue weighted by atomic mass is 16.6. The molecular formula is C52H85NO7. The van der Waals surface area contributed by atoms with Gasteiger partial charge < -0.3 is 28.6 Å². The molecule has 0 fully saturated rings. The molecule has 0 rings (SSSR count). The van der Waals surface area contributed by atoms with E-state index in [9.17, 15) is 19.5 Å². The number of likely N-dealkylation sites (N-methyl/N-ethyl adjacent to an activating group) is 1. The van der Waals surface area contributed by atoms with E-state index in [1.807, 2.05) is 0 Å². The first-order valence-corrected chi connectivity index (χ1v) is 23.3. The van der Waals surface area contributed by atoms with Gasteiger partial charge in [0.15, 0.2) is 6.10 Å². The largest absolute Gasteiger partial charge is 0.544 e. The van der Waals surface area contributed by atoms with Gasteiger partial charge in [0.05, 0.1) is 40.3 Å². The van der Waals surface area contributed by atoms with Gasteiger partial charge in [-0.25, -0.2) is 0 Å². The van der Waals surface area contributed by atoms with Crippen molar-refractivity contribution in [3.05, 3.63) is 97.2 Å². The van der Waals surface area contributed by atoms with E-state index in [1.165, 1.54) is 12.8 Å². The normalized spacial score (nSPS) is 13.8. The highest BCUT2D eigenvalue weighted by molar-refractivity contribution is 5.70. The third kappa shape index (κ3) is 39.7. The first-order valence-electron chi connectivity index (χ1n) is 23.3. The topological polar surface area (TPSA) is 102 Å². The minimum Gasteiger partial charge on any atom is -0.544 e. The second-order valence-corrected chi connectivity index (χ2v) is 16.2. The summed E-state index contributed by atoms with van der Waals surface area (Å²) in [5.74, 6) is -1.80. The maximum absolute atomic E-state index is 12.8. The fraction of sp³-hybridized carbons (Fsp3) is 0.635. The number of carboxylic acid groups (broad SMARTS) is 1. The lowest BCUT2D eigenvalue weighted by Crippen LogP contribution is -2.55.